The second-order valence-electron chi connectivity index (χ2n) is 6.03. The number of anilines is 1. The van der Waals surface area contributed by atoms with Crippen LogP contribution in [0.3, 0.4) is 0 Å². The Morgan fingerprint density at radius 3 is 2.64 bits per heavy atom. The van der Waals surface area contributed by atoms with Crippen LogP contribution < -0.4 is 4.72 Å². The molecule has 1 heterocycles. The molecule has 7 nitrogen and oxygen atoms in total. The minimum atomic E-state index is -3.83. The lowest BCUT2D eigenvalue weighted by Gasteiger charge is -2.29. The molecule has 0 aromatic heterocycles. The van der Waals surface area contributed by atoms with Crippen molar-refractivity contribution in [2.45, 2.75) is 25.9 Å². The normalized spacial score (nSPS) is 17.2. The zero-order chi connectivity index (χ0) is 18.6. The molecule has 0 saturated carbocycles. The number of rotatable bonds is 7. The Bertz CT molecular complexity index is 730. The SMILES string of the molecule is COC(CS(=O)(=O)Nc1c(C)ccc(Cl)c1C(=O)O)C1CCOCC1. The van der Waals surface area contributed by atoms with Crippen LogP contribution in [-0.4, -0.2) is 51.7 Å². The van der Waals surface area contributed by atoms with Crippen LogP contribution in [0.1, 0.15) is 28.8 Å². The van der Waals surface area contributed by atoms with Crippen LogP contribution in [0.4, 0.5) is 5.69 Å². The first-order chi connectivity index (χ1) is 11.7. The summed E-state index contributed by atoms with van der Waals surface area (Å²) in [5, 5.41) is 9.32. The predicted molar refractivity (Wildman–Crippen MR) is 94.9 cm³/mol. The number of carboxylic acids is 1. The van der Waals surface area contributed by atoms with Gasteiger partial charge >= 0.3 is 5.97 Å². The fourth-order valence-electron chi connectivity index (χ4n) is 2.92. The third kappa shape index (κ3) is 5.07. The number of nitrogens with one attached hydrogen (secondary N) is 1. The van der Waals surface area contributed by atoms with Crippen molar-refractivity contribution in [3.05, 3.63) is 28.3 Å². The standard InChI is InChI=1S/C16H22ClNO6S/c1-10-3-4-12(17)14(16(19)20)15(10)18-25(21,22)9-13(23-2)11-5-7-24-8-6-11/h3-4,11,13,18H,5-9H2,1-2H3,(H,19,20). The molecule has 0 bridgehead atoms. The molecule has 1 atom stereocenters. The van der Waals surface area contributed by atoms with Gasteiger partial charge in [-0.3, -0.25) is 4.72 Å². The van der Waals surface area contributed by atoms with E-state index in [0.717, 1.165) is 12.8 Å². The van der Waals surface area contributed by atoms with Crippen LogP contribution >= 0.6 is 11.6 Å². The van der Waals surface area contributed by atoms with Crippen LogP contribution in [0.5, 0.6) is 0 Å². The van der Waals surface area contributed by atoms with E-state index in [1.807, 2.05) is 0 Å². The minimum absolute atomic E-state index is 0.0122. The summed E-state index contributed by atoms with van der Waals surface area (Å²) in [6, 6.07) is 3.00. The number of ether oxygens (including phenoxy) is 2. The van der Waals surface area contributed by atoms with Crippen molar-refractivity contribution in [3.63, 3.8) is 0 Å². The number of carboxylic acid groups (broad SMARTS) is 1. The van der Waals surface area contributed by atoms with Gasteiger partial charge in [-0.15, -0.1) is 0 Å². The maximum atomic E-state index is 12.6. The van der Waals surface area contributed by atoms with Crippen molar-refractivity contribution in [1.29, 1.82) is 0 Å². The number of carbonyl (C=O) groups is 1. The maximum Gasteiger partial charge on any atom is 0.339 e. The lowest BCUT2D eigenvalue weighted by molar-refractivity contribution is -0.00318. The van der Waals surface area contributed by atoms with Gasteiger partial charge in [-0.25, -0.2) is 13.2 Å². The summed E-state index contributed by atoms with van der Waals surface area (Å²) in [4.78, 5) is 11.4. The van der Waals surface area contributed by atoms with E-state index >= 15 is 0 Å². The first-order valence-electron chi connectivity index (χ1n) is 7.88. The van der Waals surface area contributed by atoms with Gasteiger partial charge in [0, 0.05) is 20.3 Å². The molecule has 1 aromatic carbocycles. The molecule has 9 heteroatoms. The van der Waals surface area contributed by atoms with E-state index in [2.05, 4.69) is 4.72 Å². The van der Waals surface area contributed by atoms with E-state index in [4.69, 9.17) is 21.1 Å². The van der Waals surface area contributed by atoms with Crippen molar-refractivity contribution >= 4 is 33.3 Å². The highest BCUT2D eigenvalue weighted by Crippen LogP contribution is 2.30. The summed E-state index contributed by atoms with van der Waals surface area (Å²) in [5.74, 6) is -1.48. The zero-order valence-corrected chi connectivity index (χ0v) is 15.7. The first-order valence-corrected chi connectivity index (χ1v) is 9.91. The molecule has 0 spiro atoms. The number of benzene rings is 1. The Morgan fingerprint density at radius 1 is 1.44 bits per heavy atom. The highest BCUT2D eigenvalue weighted by Gasteiger charge is 2.30. The van der Waals surface area contributed by atoms with Gasteiger partial charge in [0.2, 0.25) is 10.0 Å². The summed E-state index contributed by atoms with van der Waals surface area (Å²) < 4.78 is 38.2. The second-order valence-corrected chi connectivity index (χ2v) is 8.20. The van der Waals surface area contributed by atoms with Crippen molar-refractivity contribution in [2.75, 3.05) is 30.8 Å². The molecular weight excluding hydrogens is 370 g/mol. The quantitative estimate of drug-likeness (QED) is 0.740. The van der Waals surface area contributed by atoms with Gasteiger partial charge in [0.1, 0.15) is 5.56 Å². The van der Waals surface area contributed by atoms with Gasteiger partial charge < -0.3 is 14.6 Å². The van der Waals surface area contributed by atoms with Gasteiger partial charge in [-0.2, -0.15) is 0 Å². The molecule has 1 unspecified atom stereocenters. The number of hydrogen-bond donors (Lipinski definition) is 2. The van der Waals surface area contributed by atoms with Gasteiger partial charge in [0.05, 0.1) is 22.6 Å². The average Bonchev–Trinajstić information content (AvgIpc) is 2.56. The molecule has 0 radical (unpaired) electrons. The Morgan fingerprint density at radius 2 is 2.08 bits per heavy atom. The lowest BCUT2D eigenvalue weighted by atomic mass is 9.95. The Hall–Kier alpha value is -1.35. The van der Waals surface area contributed by atoms with Crippen LogP contribution in [0.25, 0.3) is 0 Å². The molecule has 2 rings (SSSR count). The third-order valence-corrected chi connectivity index (χ3v) is 5.91. The van der Waals surface area contributed by atoms with Gasteiger partial charge in [0.15, 0.2) is 0 Å². The number of methoxy groups -OCH3 is 1. The van der Waals surface area contributed by atoms with Crippen LogP contribution in [0, 0.1) is 12.8 Å². The minimum Gasteiger partial charge on any atom is -0.478 e. The molecule has 1 aliphatic heterocycles. The fraction of sp³-hybridized carbons (Fsp3) is 0.562. The zero-order valence-electron chi connectivity index (χ0n) is 14.1. The largest absolute Gasteiger partial charge is 0.478 e. The monoisotopic (exact) mass is 391 g/mol. The van der Waals surface area contributed by atoms with E-state index in [1.54, 1.807) is 13.0 Å². The van der Waals surface area contributed by atoms with Crippen molar-refractivity contribution < 1.29 is 27.8 Å². The number of hydrogen-bond acceptors (Lipinski definition) is 5. The van der Waals surface area contributed by atoms with E-state index < -0.39 is 22.1 Å². The second kappa shape index (κ2) is 8.35. The summed E-state index contributed by atoms with van der Waals surface area (Å²) in [7, 11) is -2.35. The predicted octanol–water partition coefficient (Wildman–Crippen LogP) is 2.53. The number of halogens is 1. The Kier molecular flexibility index (Phi) is 6.67. The van der Waals surface area contributed by atoms with E-state index in [1.165, 1.54) is 13.2 Å². The van der Waals surface area contributed by atoms with E-state index in [9.17, 15) is 18.3 Å². The number of aryl methyl sites for hydroxylation is 1. The Labute approximate surface area is 152 Å². The fourth-order valence-corrected chi connectivity index (χ4v) is 4.66. The molecular formula is C16H22ClNO6S. The first kappa shape index (κ1) is 20.0. The van der Waals surface area contributed by atoms with Crippen molar-refractivity contribution in [2.24, 2.45) is 5.92 Å². The maximum absolute atomic E-state index is 12.6. The van der Waals surface area contributed by atoms with Gasteiger partial charge in [0.25, 0.3) is 0 Å². The smallest absolute Gasteiger partial charge is 0.339 e. The summed E-state index contributed by atoms with van der Waals surface area (Å²) >= 11 is 5.93. The highest BCUT2D eigenvalue weighted by molar-refractivity contribution is 7.92. The average molecular weight is 392 g/mol. The van der Waals surface area contributed by atoms with Crippen molar-refractivity contribution in [1.82, 2.24) is 0 Å². The highest BCUT2D eigenvalue weighted by atomic mass is 35.5. The molecule has 0 amide bonds. The van der Waals surface area contributed by atoms with Crippen LogP contribution in [0.15, 0.2) is 12.1 Å². The lowest BCUT2D eigenvalue weighted by Crippen LogP contribution is -2.36. The molecule has 140 valence electrons. The van der Waals surface area contributed by atoms with E-state index in [0.29, 0.717) is 18.8 Å². The molecule has 0 aliphatic carbocycles. The molecule has 1 fully saturated rings. The molecule has 25 heavy (non-hydrogen) atoms. The summed E-state index contributed by atoms with van der Waals surface area (Å²) in [6.07, 6.45) is 0.962. The topological polar surface area (TPSA) is 102 Å². The Balaban J connectivity index is 2.23. The molecule has 1 aliphatic rings. The van der Waals surface area contributed by atoms with E-state index in [-0.39, 0.29) is 27.9 Å². The van der Waals surface area contributed by atoms with Crippen LogP contribution in [-0.2, 0) is 19.5 Å². The van der Waals surface area contributed by atoms with Crippen LogP contribution in [0.2, 0.25) is 5.02 Å². The van der Waals surface area contributed by atoms with Gasteiger partial charge in [-0.05, 0) is 37.3 Å². The summed E-state index contributed by atoms with van der Waals surface area (Å²) in [5.41, 5.74) is 0.206. The molecule has 1 aromatic rings. The third-order valence-electron chi connectivity index (χ3n) is 4.31. The number of sulfonamides is 1. The molecule has 1 saturated heterocycles. The van der Waals surface area contributed by atoms with Crippen molar-refractivity contribution in [3.8, 4) is 0 Å². The summed E-state index contributed by atoms with van der Waals surface area (Å²) in [6.45, 7) is 2.77. The number of aromatic carboxylic acids is 1. The molecule has 2 N–H and O–H groups in total. The van der Waals surface area contributed by atoms with Gasteiger partial charge in [-0.1, -0.05) is 17.7 Å².